The molecule has 0 aliphatic rings. The summed E-state index contributed by atoms with van der Waals surface area (Å²) < 4.78 is 5.46. The lowest BCUT2D eigenvalue weighted by Crippen LogP contribution is -2.45. The highest BCUT2D eigenvalue weighted by molar-refractivity contribution is 5.76. The van der Waals surface area contributed by atoms with Crippen LogP contribution in [-0.4, -0.2) is 47.4 Å². The second-order valence-electron chi connectivity index (χ2n) is 19.3. The average molecular weight is 876 g/mol. The Bertz CT molecular complexity index is 924. The molecule has 0 heterocycles. The highest BCUT2D eigenvalue weighted by Gasteiger charge is 2.20. The molecular formula is C56H109NO5. The standard InChI is InChI=1S/C56H109NO5/c1-3-5-7-9-11-13-15-17-25-28-32-36-40-44-48-54(59)53(52-58)57-55(60)49-45-41-37-33-29-26-23-21-19-18-20-22-24-27-31-35-39-43-47-51-62-56(61)50-46-42-38-34-30-16-14-12-10-8-6-4-2/h12,14,53-54,58-59H,3-11,13,15-52H2,1-2H3,(H,57,60)/b14-12-. The van der Waals surface area contributed by atoms with Crippen LogP contribution in [0.5, 0.6) is 0 Å². The highest BCUT2D eigenvalue weighted by atomic mass is 16.5. The maximum atomic E-state index is 12.5. The van der Waals surface area contributed by atoms with Crippen molar-refractivity contribution >= 4 is 11.9 Å². The first-order chi connectivity index (χ1) is 30.5. The summed E-state index contributed by atoms with van der Waals surface area (Å²) in [4.78, 5) is 24.5. The Morgan fingerprint density at radius 1 is 0.435 bits per heavy atom. The summed E-state index contributed by atoms with van der Waals surface area (Å²) in [6.07, 6.45) is 60.5. The highest BCUT2D eigenvalue weighted by Crippen LogP contribution is 2.17. The van der Waals surface area contributed by atoms with E-state index in [2.05, 4.69) is 31.3 Å². The summed E-state index contributed by atoms with van der Waals surface area (Å²) in [7, 11) is 0. The zero-order valence-electron chi connectivity index (χ0n) is 41.9. The number of rotatable bonds is 52. The molecule has 0 radical (unpaired) electrons. The molecule has 0 rings (SSSR count). The average Bonchev–Trinajstić information content (AvgIpc) is 3.27. The van der Waals surface area contributed by atoms with Crippen molar-refractivity contribution in [1.82, 2.24) is 5.32 Å². The molecule has 2 unspecified atom stereocenters. The Labute approximate surface area is 387 Å². The number of nitrogens with one attached hydrogen (secondary N) is 1. The number of hydrogen-bond donors (Lipinski definition) is 3. The molecule has 2 atom stereocenters. The van der Waals surface area contributed by atoms with E-state index >= 15 is 0 Å². The molecule has 0 aliphatic carbocycles. The predicted octanol–water partition coefficient (Wildman–Crippen LogP) is 16.9. The second kappa shape index (κ2) is 52.2. The van der Waals surface area contributed by atoms with Crippen LogP contribution >= 0.6 is 0 Å². The maximum Gasteiger partial charge on any atom is 0.305 e. The quantitative estimate of drug-likeness (QED) is 0.0321. The number of esters is 1. The van der Waals surface area contributed by atoms with Gasteiger partial charge in [0.2, 0.25) is 5.91 Å². The predicted molar refractivity (Wildman–Crippen MR) is 269 cm³/mol. The molecule has 62 heavy (non-hydrogen) atoms. The number of carbonyl (C=O) groups excluding carboxylic acids is 2. The van der Waals surface area contributed by atoms with E-state index in [9.17, 15) is 19.8 Å². The number of allylic oxidation sites excluding steroid dienone is 2. The van der Waals surface area contributed by atoms with Gasteiger partial charge >= 0.3 is 5.97 Å². The van der Waals surface area contributed by atoms with Crippen LogP contribution < -0.4 is 5.32 Å². The number of aliphatic hydroxyl groups excluding tert-OH is 2. The minimum Gasteiger partial charge on any atom is -0.466 e. The Kier molecular flexibility index (Phi) is 51.0. The lowest BCUT2D eigenvalue weighted by Gasteiger charge is -2.22. The van der Waals surface area contributed by atoms with E-state index in [-0.39, 0.29) is 18.5 Å². The fraction of sp³-hybridized carbons (Fsp3) is 0.929. The van der Waals surface area contributed by atoms with Gasteiger partial charge in [0.25, 0.3) is 0 Å². The Hall–Kier alpha value is -1.40. The smallest absolute Gasteiger partial charge is 0.305 e. The van der Waals surface area contributed by atoms with Crippen molar-refractivity contribution in [3.05, 3.63) is 12.2 Å². The third-order valence-corrected chi connectivity index (χ3v) is 13.1. The van der Waals surface area contributed by atoms with Crippen molar-refractivity contribution in [3.63, 3.8) is 0 Å². The van der Waals surface area contributed by atoms with Gasteiger partial charge < -0.3 is 20.3 Å². The normalized spacial score (nSPS) is 12.6. The van der Waals surface area contributed by atoms with Crippen molar-refractivity contribution in [3.8, 4) is 0 Å². The molecule has 0 aromatic rings. The van der Waals surface area contributed by atoms with E-state index < -0.39 is 12.1 Å². The zero-order chi connectivity index (χ0) is 45.1. The van der Waals surface area contributed by atoms with Gasteiger partial charge in [0.05, 0.1) is 25.4 Å². The first-order valence-corrected chi connectivity index (χ1v) is 27.9. The van der Waals surface area contributed by atoms with Gasteiger partial charge in [-0.05, 0) is 51.4 Å². The van der Waals surface area contributed by atoms with Crippen LogP contribution in [-0.2, 0) is 14.3 Å². The number of unbranched alkanes of at least 4 members (excludes halogenated alkanes) is 39. The first kappa shape index (κ1) is 60.6. The molecule has 6 nitrogen and oxygen atoms in total. The van der Waals surface area contributed by atoms with E-state index in [0.717, 1.165) is 44.9 Å². The minimum atomic E-state index is -0.665. The fourth-order valence-corrected chi connectivity index (χ4v) is 8.75. The Balaban J connectivity index is 3.40. The molecule has 3 N–H and O–H groups in total. The van der Waals surface area contributed by atoms with Crippen LogP contribution in [0.25, 0.3) is 0 Å². The van der Waals surface area contributed by atoms with Gasteiger partial charge in [0.15, 0.2) is 0 Å². The topological polar surface area (TPSA) is 95.9 Å². The molecule has 0 aliphatic heterocycles. The van der Waals surface area contributed by atoms with Crippen LogP contribution in [0, 0.1) is 0 Å². The number of hydrogen-bond acceptors (Lipinski definition) is 5. The Morgan fingerprint density at radius 2 is 0.758 bits per heavy atom. The second-order valence-corrected chi connectivity index (χ2v) is 19.3. The van der Waals surface area contributed by atoms with Crippen molar-refractivity contribution in [2.24, 2.45) is 0 Å². The van der Waals surface area contributed by atoms with Crippen molar-refractivity contribution < 1.29 is 24.5 Å². The molecule has 1 amide bonds. The van der Waals surface area contributed by atoms with Gasteiger partial charge in [-0.25, -0.2) is 0 Å². The van der Waals surface area contributed by atoms with Crippen molar-refractivity contribution in [1.29, 1.82) is 0 Å². The molecular weight excluding hydrogens is 767 g/mol. The molecule has 6 heteroatoms. The molecule has 0 aromatic heterocycles. The molecule has 0 saturated heterocycles. The van der Waals surface area contributed by atoms with Crippen molar-refractivity contribution in [2.45, 2.75) is 321 Å². The monoisotopic (exact) mass is 876 g/mol. The van der Waals surface area contributed by atoms with Crippen molar-refractivity contribution in [2.75, 3.05) is 13.2 Å². The van der Waals surface area contributed by atoms with Gasteiger partial charge in [-0.1, -0.05) is 257 Å². The number of carbonyl (C=O) groups is 2. The number of aliphatic hydroxyl groups is 2. The van der Waals surface area contributed by atoms with Crippen LogP contribution in [0.3, 0.4) is 0 Å². The van der Waals surface area contributed by atoms with Gasteiger partial charge in [-0.2, -0.15) is 0 Å². The Morgan fingerprint density at radius 3 is 1.18 bits per heavy atom. The summed E-state index contributed by atoms with van der Waals surface area (Å²) in [5.74, 6) is -0.0373. The van der Waals surface area contributed by atoms with Gasteiger partial charge in [-0.15, -0.1) is 0 Å². The van der Waals surface area contributed by atoms with E-state index in [1.807, 2.05) is 0 Å². The maximum absolute atomic E-state index is 12.5. The molecule has 0 bridgehead atoms. The molecule has 0 saturated carbocycles. The summed E-state index contributed by atoms with van der Waals surface area (Å²) in [6.45, 7) is 4.93. The van der Waals surface area contributed by atoms with Gasteiger partial charge in [0, 0.05) is 12.8 Å². The van der Waals surface area contributed by atoms with Crippen LogP contribution in [0.1, 0.15) is 309 Å². The number of ether oxygens (including phenoxy) is 1. The fourth-order valence-electron chi connectivity index (χ4n) is 8.75. The number of amides is 1. The van der Waals surface area contributed by atoms with Crippen LogP contribution in [0.2, 0.25) is 0 Å². The van der Waals surface area contributed by atoms with Gasteiger partial charge in [-0.3, -0.25) is 9.59 Å². The molecule has 0 aromatic carbocycles. The SMILES string of the molecule is CCCCC/C=C\CCCCCCCC(=O)OCCCCCCCCCCCCCCCCCCCCCC(=O)NC(CO)C(O)CCCCCCCCCCCCCCCC. The summed E-state index contributed by atoms with van der Waals surface area (Å²) in [5.41, 5.74) is 0. The third-order valence-electron chi connectivity index (χ3n) is 13.1. The molecule has 0 fully saturated rings. The lowest BCUT2D eigenvalue weighted by atomic mass is 10.0. The third kappa shape index (κ3) is 48.1. The summed E-state index contributed by atoms with van der Waals surface area (Å²) in [5, 5.41) is 23.2. The van der Waals surface area contributed by atoms with Gasteiger partial charge in [0.1, 0.15) is 0 Å². The van der Waals surface area contributed by atoms with E-state index in [4.69, 9.17) is 4.74 Å². The molecule has 0 spiro atoms. The van der Waals surface area contributed by atoms with E-state index in [0.29, 0.717) is 25.9 Å². The van der Waals surface area contributed by atoms with Crippen LogP contribution in [0.15, 0.2) is 12.2 Å². The summed E-state index contributed by atoms with van der Waals surface area (Å²) in [6, 6.07) is -0.542. The van der Waals surface area contributed by atoms with Crippen LogP contribution in [0.4, 0.5) is 0 Å². The molecule has 368 valence electrons. The zero-order valence-corrected chi connectivity index (χ0v) is 41.9. The van der Waals surface area contributed by atoms with E-state index in [1.165, 1.54) is 231 Å². The lowest BCUT2D eigenvalue weighted by molar-refractivity contribution is -0.143. The summed E-state index contributed by atoms with van der Waals surface area (Å²) >= 11 is 0. The first-order valence-electron chi connectivity index (χ1n) is 27.9. The largest absolute Gasteiger partial charge is 0.466 e. The van der Waals surface area contributed by atoms with E-state index in [1.54, 1.807) is 0 Å². The minimum absolute atomic E-state index is 0.000708.